The molecule has 1 aliphatic rings. The van der Waals surface area contributed by atoms with Crippen LogP contribution in [0.25, 0.3) is 0 Å². The molecule has 1 unspecified atom stereocenters. The van der Waals surface area contributed by atoms with Gasteiger partial charge in [-0.15, -0.1) is 11.3 Å². The van der Waals surface area contributed by atoms with Gasteiger partial charge in [0.1, 0.15) is 18.8 Å². The lowest BCUT2D eigenvalue weighted by atomic mass is 10.1. The Morgan fingerprint density at radius 2 is 2.36 bits per heavy atom. The minimum Gasteiger partial charge on any atom is -0.398 e. The summed E-state index contributed by atoms with van der Waals surface area (Å²) in [6.07, 6.45) is 0. The number of nitrogens with zero attached hydrogens (tertiary/aromatic N) is 3. The molecular weight excluding hydrogens is 338 g/mol. The highest BCUT2D eigenvalue weighted by Gasteiger charge is 2.45. The van der Waals surface area contributed by atoms with E-state index in [1.54, 1.807) is 0 Å². The Morgan fingerprint density at radius 3 is 2.82 bits per heavy atom. The first-order chi connectivity index (χ1) is 10.2. The quantitative estimate of drug-likeness (QED) is 0.242. The van der Waals surface area contributed by atoms with Crippen molar-refractivity contribution in [1.29, 1.82) is 0 Å². The summed E-state index contributed by atoms with van der Waals surface area (Å²) in [7, 11) is -3.39. The molecule has 0 radical (unpaired) electrons. The molecule has 1 saturated heterocycles. The Kier molecular flexibility index (Phi) is 4.30. The molecule has 2 rings (SSSR count). The molecule has 0 saturated carbocycles. The third kappa shape index (κ3) is 3.15. The summed E-state index contributed by atoms with van der Waals surface area (Å²) in [6.45, 7) is -0.372. The summed E-state index contributed by atoms with van der Waals surface area (Å²) >= 11 is 1.08. The smallest absolute Gasteiger partial charge is 0.362 e. The topological polar surface area (TPSA) is 164 Å². The fourth-order valence-corrected chi connectivity index (χ4v) is 2.87. The van der Waals surface area contributed by atoms with E-state index in [-0.39, 0.29) is 27.4 Å². The Labute approximate surface area is 128 Å². The number of nitrogens with one attached hydrogen (secondary N) is 1. The summed E-state index contributed by atoms with van der Waals surface area (Å²) in [4.78, 5) is 32.0. The molecule has 0 spiro atoms. The number of carbonyl (C=O) groups is 2. The molecule has 2 amide bonds. The van der Waals surface area contributed by atoms with Gasteiger partial charge >= 0.3 is 10.3 Å². The Hall–Kier alpha value is -2.25. The number of anilines is 1. The average Bonchev–Trinajstić information content (AvgIpc) is 2.84. The molecule has 13 heteroatoms. The number of oxime groups is 1. The molecule has 1 aromatic rings. The highest BCUT2D eigenvalue weighted by Crippen LogP contribution is 2.16. The van der Waals surface area contributed by atoms with Gasteiger partial charge in [-0.05, 0) is 0 Å². The zero-order chi connectivity index (χ0) is 16.5. The number of rotatable bonds is 5. The van der Waals surface area contributed by atoms with Gasteiger partial charge in [0.15, 0.2) is 10.8 Å². The van der Waals surface area contributed by atoms with E-state index in [1.807, 2.05) is 0 Å². The van der Waals surface area contributed by atoms with Crippen LogP contribution in [0.4, 0.5) is 5.13 Å². The Bertz CT molecular complexity index is 741. The predicted molar refractivity (Wildman–Crippen MR) is 75.3 cm³/mol. The predicted octanol–water partition coefficient (Wildman–Crippen LogP) is -1.79. The number of thiazole rings is 1. The van der Waals surface area contributed by atoms with E-state index in [0.29, 0.717) is 0 Å². The van der Waals surface area contributed by atoms with Crippen molar-refractivity contribution >= 4 is 44.3 Å². The van der Waals surface area contributed by atoms with Crippen LogP contribution in [0.3, 0.4) is 0 Å². The molecule has 0 bridgehead atoms. The molecule has 120 valence electrons. The van der Waals surface area contributed by atoms with Crippen LogP contribution in [0.15, 0.2) is 10.5 Å². The first kappa shape index (κ1) is 16.1. The Morgan fingerprint density at radius 1 is 1.68 bits per heavy atom. The number of carbonyl (C=O) groups excluding carboxylic acids is 2. The second-order valence-corrected chi connectivity index (χ2v) is 6.29. The first-order valence-electron chi connectivity index (χ1n) is 5.66. The lowest BCUT2D eigenvalue weighted by Crippen LogP contribution is -2.65. The van der Waals surface area contributed by atoms with Crippen LogP contribution >= 0.6 is 11.3 Å². The van der Waals surface area contributed by atoms with Gasteiger partial charge in [0.25, 0.3) is 11.8 Å². The Balaban J connectivity index is 2.08. The zero-order valence-electron chi connectivity index (χ0n) is 11.1. The van der Waals surface area contributed by atoms with Crippen molar-refractivity contribution in [3.8, 4) is 0 Å². The fraction of sp³-hybridized carbons (Fsp3) is 0.333. The minimum absolute atomic E-state index is 0.153. The van der Waals surface area contributed by atoms with E-state index < -0.39 is 28.2 Å². The van der Waals surface area contributed by atoms with Crippen LogP contribution in [0.5, 0.6) is 0 Å². The third-order valence-electron chi connectivity index (χ3n) is 2.64. The molecule has 1 aromatic heterocycles. The number of amides is 2. The second kappa shape index (κ2) is 5.86. The summed E-state index contributed by atoms with van der Waals surface area (Å²) < 4.78 is 30.6. The first-order valence-corrected chi connectivity index (χ1v) is 7.94. The van der Waals surface area contributed by atoms with E-state index in [4.69, 9.17) is 10.3 Å². The van der Waals surface area contributed by atoms with Crippen molar-refractivity contribution in [1.82, 2.24) is 14.6 Å². The molecule has 0 aliphatic carbocycles. The highest BCUT2D eigenvalue weighted by atomic mass is 32.2. The van der Waals surface area contributed by atoms with Gasteiger partial charge in [-0.1, -0.05) is 5.16 Å². The molecule has 4 N–H and O–H groups in total. The van der Waals surface area contributed by atoms with E-state index >= 15 is 0 Å². The van der Waals surface area contributed by atoms with Crippen LogP contribution in [-0.4, -0.2) is 59.5 Å². The maximum Gasteiger partial charge on any atom is 0.362 e. The normalized spacial score (nSPS) is 18.8. The molecule has 0 aromatic carbocycles. The van der Waals surface area contributed by atoms with Crippen molar-refractivity contribution in [3.63, 3.8) is 0 Å². The highest BCUT2D eigenvalue weighted by molar-refractivity contribution is 7.84. The van der Waals surface area contributed by atoms with E-state index in [1.165, 1.54) is 12.5 Å². The van der Waals surface area contributed by atoms with Crippen molar-refractivity contribution in [3.05, 3.63) is 11.1 Å². The van der Waals surface area contributed by atoms with E-state index in [2.05, 4.69) is 20.3 Å². The minimum atomic E-state index is -4.61. The van der Waals surface area contributed by atoms with Crippen molar-refractivity contribution < 1.29 is 27.4 Å². The summed E-state index contributed by atoms with van der Waals surface area (Å²) in [6, 6.07) is -1.09. The zero-order valence-corrected chi connectivity index (χ0v) is 12.7. The number of nitrogen functional groups attached to an aromatic ring is 1. The van der Waals surface area contributed by atoms with Gasteiger partial charge in [-0.25, -0.2) is 9.29 Å². The molecule has 22 heavy (non-hydrogen) atoms. The van der Waals surface area contributed by atoms with E-state index in [9.17, 15) is 18.0 Å². The van der Waals surface area contributed by atoms with Gasteiger partial charge in [0, 0.05) is 5.38 Å². The van der Waals surface area contributed by atoms with E-state index in [0.717, 1.165) is 11.3 Å². The summed E-state index contributed by atoms with van der Waals surface area (Å²) in [5.74, 6) is -1.74. The maximum atomic E-state index is 12.1. The number of aromatic nitrogens is 1. The van der Waals surface area contributed by atoms with Gasteiger partial charge in [0.05, 0.1) is 6.54 Å². The van der Waals surface area contributed by atoms with Crippen LogP contribution in [0, 0.1) is 0 Å². The lowest BCUT2D eigenvalue weighted by Gasteiger charge is -2.35. The van der Waals surface area contributed by atoms with Crippen LogP contribution < -0.4 is 11.1 Å². The van der Waals surface area contributed by atoms with Crippen molar-refractivity contribution in [2.75, 3.05) is 19.4 Å². The van der Waals surface area contributed by atoms with Crippen LogP contribution in [0.2, 0.25) is 0 Å². The fourth-order valence-electron chi connectivity index (χ4n) is 1.63. The lowest BCUT2D eigenvalue weighted by molar-refractivity contribution is -0.139. The standard InChI is InChI=1S/C9H11N5O6S2/c1-20-13-6(5-3-21-9(10)12-5)7(15)11-4-2-14(8(4)16)22(17,18)19/h3-4H,2H2,1H3,(H2,10,12)(H,11,15)(H,17,18,19)/b13-6-. The van der Waals surface area contributed by atoms with Crippen molar-refractivity contribution in [2.45, 2.75) is 6.04 Å². The van der Waals surface area contributed by atoms with Gasteiger partial charge < -0.3 is 15.9 Å². The summed E-state index contributed by atoms with van der Waals surface area (Å²) in [5, 5.41) is 7.46. The maximum absolute atomic E-state index is 12.1. The molecule has 1 atom stereocenters. The molecule has 1 fully saturated rings. The largest absolute Gasteiger partial charge is 0.398 e. The SMILES string of the molecule is CO/N=C(\C(=O)NC1CN(S(=O)(=O)O)C1=O)c1csc(N)n1. The van der Waals surface area contributed by atoms with Gasteiger partial charge in [-0.2, -0.15) is 8.42 Å². The third-order valence-corrected chi connectivity index (χ3v) is 4.20. The van der Waals surface area contributed by atoms with Crippen molar-refractivity contribution in [2.24, 2.45) is 5.16 Å². The molecule has 2 heterocycles. The number of β-lactam (4-membered cyclic amide) rings is 1. The van der Waals surface area contributed by atoms with Crippen LogP contribution in [0.1, 0.15) is 5.69 Å². The number of hydrogen-bond donors (Lipinski definition) is 3. The molecular formula is C9H11N5O6S2. The molecule has 1 aliphatic heterocycles. The number of hydrogen-bond acceptors (Lipinski definition) is 9. The summed E-state index contributed by atoms with van der Waals surface area (Å²) in [5.41, 5.74) is 5.40. The average molecular weight is 349 g/mol. The number of nitrogens with two attached hydrogens (primary N) is 1. The second-order valence-electron chi connectivity index (χ2n) is 4.07. The van der Waals surface area contributed by atoms with Crippen LogP contribution in [-0.2, 0) is 24.7 Å². The molecule has 11 nitrogen and oxygen atoms in total. The van der Waals surface area contributed by atoms with Gasteiger partial charge in [-0.3, -0.25) is 14.1 Å². The van der Waals surface area contributed by atoms with Gasteiger partial charge in [0.2, 0.25) is 0 Å². The monoisotopic (exact) mass is 349 g/mol.